The van der Waals surface area contributed by atoms with Crippen LogP contribution in [0.2, 0.25) is 0 Å². The van der Waals surface area contributed by atoms with Gasteiger partial charge in [-0.2, -0.15) is 0 Å². The molecule has 4 nitrogen and oxygen atoms in total. The Kier molecular flexibility index (Phi) is 6.47. The number of carboxylic acids is 1. The third kappa shape index (κ3) is 4.78. The van der Waals surface area contributed by atoms with Crippen molar-refractivity contribution in [2.24, 2.45) is 5.92 Å². The fourth-order valence-corrected chi connectivity index (χ4v) is 5.26. The Balaban J connectivity index is 1.59. The number of aliphatic carboxylic acids is 1. The predicted molar refractivity (Wildman–Crippen MR) is 132 cm³/mol. The molecule has 0 amide bonds. The summed E-state index contributed by atoms with van der Waals surface area (Å²) in [5, 5.41) is 8.84. The minimum atomic E-state index is -0.971. The van der Waals surface area contributed by atoms with Crippen molar-refractivity contribution in [3.8, 4) is 16.9 Å². The zero-order valence-electron chi connectivity index (χ0n) is 19.0. The molecule has 0 radical (unpaired) electrons. The van der Waals surface area contributed by atoms with E-state index >= 15 is 0 Å². The Morgan fingerprint density at radius 3 is 2.44 bits per heavy atom. The number of aryl methyl sites for hydroxylation is 2. The molecule has 1 aliphatic heterocycles. The van der Waals surface area contributed by atoms with Gasteiger partial charge in [0.2, 0.25) is 0 Å². The zero-order chi connectivity index (χ0) is 22.8. The van der Waals surface area contributed by atoms with Crippen molar-refractivity contribution in [2.75, 3.05) is 17.5 Å². The summed E-state index contributed by atoms with van der Waals surface area (Å²) in [7, 11) is 0. The molecular formula is C27H29NO3S. The molecule has 1 unspecified atom stereocenters. The van der Waals surface area contributed by atoms with Crippen LogP contribution < -0.4 is 9.04 Å². The fourth-order valence-electron chi connectivity index (χ4n) is 4.14. The van der Waals surface area contributed by atoms with E-state index in [1.54, 1.807) is 11.9 Å². The maximum absolute atomic E-state index is 10.8. The van der Waals surface area contributed by atoms with Gasteiger partial charge in [0.25, 0.3) is 0 Å². The Bertz CT molecular complexity index is 1120. The number of nitrogens with zero attached hydrogens (tertiary/aromatic N) is 1. The van der Waals surface area contributed by atoms with Gasteiger partial charge in [0.15, 0.2) is 6.61 Å². The number of fused-ring (bicyclic) bond motifs is 1. The third-order valence-electron chi connectivity index (χ3n) is 5.96. The Morgan fingerprint density at radius 1 is 1.06 bits per heavy atom. The molecule has 3 aromatic carbocycles. The highest BCUT2D eigenvalue weighted by molar-refractivity contribution is 8.00. The molecule has 0 aromatic heterocycles. The summed E-state index contributed by atoms with van der Waals surface area (Å²) >= 11 is 1.73. The van der Waals surface area contributed by atoms with E-state index in [-0.39, 0.29) is 6.61 Å². The molecule has 32 heavy (non-hydrogen) atoms. The van der Waals surface area contributed by atoms with Crippen LogP contribution in [-0.2, 0) is 4.79 Å². The molecule has 0 aliphatic carbocycles. The van der Waals surface area contributed by atoms with E-state index in [9.17, 15) is 4.79 Å². The van der Waals surface area contributed by atoms with Crippen molar-refractivity contribution in [3.63, 3.8) is 0 Å². The molecule has 1 aliphatic rings. The van der Waals surface area contributed by atoms with Gasteiger partial charge in [0.05, 0.1) is 5.69 Å². The third-order valence-corrected chi connectivity index (χ3v) is 6.99. The normalized spacial score (nSPS) is 15.2. The summed E-state index contributed by atoms with van der Waals surface area (Å²) in [5.74, 6) is 0.658. The van der Waals surface area contributed by atoms with Gasteiger partial charge in [0.1, 0.15) is 5.75 Å². The minimum absolute atomic E-state index is 0.327. The highest BCUT2D eigenvalue weighted by Gasteiger charge is 2.31. The zero-order valence-corrected chi connectivity index (χ0v) is 19.8. The molecule has 3 aromatic rings. The molecular weight excluding hydrogens is 418 g/mol. The number of carboxylic acid groups (broad SMARTS) is 1. The first kappa shape index (κ1) is 22.3. The first-order chi connectivity index (χ1) is 15.3. The molecule has 166 valence electrons. The minimum Gasteiger partial charge on any atom is -0.482 e. The lowest BCUT2D eigenvalue weighted by Gasteiger charge is -2.20. The second-order valence-electron chi connectivity index (χ2n) is 8.75. The lowest BCUT2D eigenvalue weighted by atomic mass is 9.88. The van der Waals surface area contributed by atoms with Crippen LogP contribution in [0, 0.1) is 19.8 Å². The Hall–Kier alpha value is -2.92. The monoisotopic (exact) mass is 447 g/mol. The number of hydrogen-bond donors (Lipinski definition) is 1. The number of benzene rings is 3. The van der Waals surface area contributed by atoms with Crippen LogP contribution in [0.4, 0.5) is 5.69 Å². The number of ether oxygens (including phenoxy) is 1. The Morgan fingerprint density at radius 2 is 1.78 bits per heavy atom. The fraction of sp³-hybridized carbons (Fsp3) is 0.296. The average molecular weight is 448 g/mol. The SMILES string of the molecule is Cc1ccc(-c2ccc3c(c2)C(C(C)C)CN3Sc2ccc(OCC(=O)O)c(C)c2)cc1. The number of anilines is 1. The summed E-state index contributed by atoms with van der Waals surface area (Å²) in [6, 6.07) is 21.5. The van der Waals surface area contributed by atoms with E-state index in [0.29, 0.717) is 17.6 Å². The van der Waals surface area contributed by atoms with Crippen LogP contribution >= 0.6 is 11.9 Å². The maximum atomic E-state index is 10.8. The number of hydrogen-bond acceptors (Lipinski definition) is 4. The summed E-state index contributed by atoms with van der Waals surface area (Å²) in [4.78, 5) is 11.9. The summed E-state index contributed by atoms with van der Waals surface area (Å²) in [6.45, 7) is 9.28. The molecule has 1 N–H and O–H groups in total. The van der Waals surface area contributed by atoms with E-state index in [1.165, 1.54) is 27.9 Å². The van der Waals surface area contributed by atoms with E-state index in [4.69, 9.17) is 9.84 Å². The van der Waals surface area contributed by atoms with Crippen molar-refractivity contribution >= 4 is 23.6 Å². The van der Waals surface area contributed by atoms with Gasteiger partial charge in [-0.05, 0) is 84.3 Å². The van der Waals surface area contributed by atoms with Crippen molar-refractivity contribution in [2.45, 2.75) is 38.5 Å². The van der Waals surface area contributed by atoms with Crippen LogP contribution in [0.25, 0.3) is 11.1 Å². The van der Waals surface area contributed by atoms with Gasteiger partial charge in [-0.3, -0.25) is 0 Å². The van der Waals surface area contributed by atoms with Gasteiger partial charge in [-0.1, -0.05) is 49.7 Å². The quantitative estimate of drug-likeness (QED) is 0.408. The topological polar surface area (TPSA) is 49.8 Å². The van der Waals surface area contributed by atoms with Crippen LogP contribution in [0.15, 0.2) is 65.6 Å². The average Bonchev–Trinajstić information content (AvgIpc) is 3.11. The number of carbonyl (C=O) groups is 1. The molecule has 0 saturated heterocycles. The van der Waals surface area contributed by atoms with E-state index < -0.39 is 5.97 Å². The van der Waals surface area contributed by atoms with Gasteiger partial charge in [0, 0.05) is 17.4 Å². The molecule has 0 fully saturated rings. The van der Waals surface area contributed by atoms with Gasteiger partial charge < -0.3 is 14.1 Å². The maximum Gasteiger partial charge on any atom is 0.341 e. The molecule has 0 saturated carbocycles. The standard InChI is InChI=1S/C27H29NO3S/c1-17(2)24-15-28(32-22-10-12-26(19(4)13-22)31-16-27(29)30)25-11-9-21(14-23(24)25)20-7-5-18(3)6-8-20/h5-14,17,24H,15-16H2,1-4H3,(H,29,30). The van der Waals surface area contributed by atoms with E-state index in [1.807, 2.05) is 19.1 Å². The first-order valence-electron chi connectivity index (χ1n) is 10.9. The molecule has 5 heteroatoms. The van der Waals surface area contributed by atoms with Gasteiger partial charge >= 0.3 is 5.97 Å². The van der Waals surface area contributed by atoms with Gasteiger partial charge in [-0.15, -0.1) is 0 Å². The molecule has 0 bridgehead atoms. The summed E-state index contributed by atoms with van der Waals surface area (Å²) in [6.07, 6.45) is 0. The van der Waals surface area contributed by atoms with Gasteiger partial charge in [-0.25, -0.2) is 4.79 Å². The van der Waals surface area contributed by atoms with E-state index in [0.717, 1.165) is 17.0 Å². The molecule has 4 rings (SSSR count). The van der Waals surface area contributed by atoms with Crippen LogP contribution in [-0.4, -0.2) is 24.2 Å². The van der Waals surface area contributed by atoms with Crippen LogP contribution in [0.1, 0.15) is 36.5 Å². The van der Waals surface area contributed by atoms with E-state index in [2.05, 4.69) is 73.6 Å². The summed E-state index contributed by atoms with van der Waals surface area (Å²) < 4.78 is 7.75. The highest BCUT2D eigenvalue weighted by Crippen LogP contribution is 2.46. The number of rotatable bonds is 7. The smallest absolute Gasteiger partial charge is 0.341 e. The lowest BCUT2D eigenvalue weighted by Crippen LogP contribution is -2.16. The second-order valence-corrected chi connectivity index (χ2v) is 9.85. The van der Waals surface area contributed by atoms with Crippen molar-refractivity contribution in [1.82, 2.24) is 0 Å². The first-order valence-corrected chi connectivity index (χ1v) is 11.7. The largest absolute Gasteiger partial charge is 0.482 e. The van der Waals surface area contributed by atoms with Crippen LogP contribution in [0.5, 0.6) is 5.75 Å². The Labute approximate surface area is 194 Å². The molecule has 0 spiro atoms. The van der Waals surface area contributed by atoms with Crippen molar-refractivity contribution in [3.05, 3.63) is 77.4 Å². The summed E-state index contributed by atoms with van der Waals surface area (Å²) in [5.41, 5.74) is 7.40. The predicted octanol–water partition coefficient (Wildman–Crippen LogP) is 6.70. The lowest BCUT2D eigenvalue weighted by molar-refractivity contribution is -0.139. The van der Waals surface area contributed by atoms with Crippen molar-refractivity contribution in [1.29, 1.82) is 0 Å². The highest BCUT2D eigenvalue weighted by atomic mass is 32.2. The van der Waals surface area contributed by atoms with Crippen molar-refractivity contribution < 1.29 is 14.6 Å². The molecule has 1 heterocycles. The van der Waals surface area contributed by atoms with Crippen LogP contribution in [0.3, 0.4) is 0 Å². The molecule has 1 atom stereocenters. The second kappa shape index (κ2) is 9.29.